The predicted octanol–water partition coefficient (Wildman–Crippen LogP) is 0.963. The number of carbonyl (C=O) groups excluding carboxylic acids is 1. The molecule has 1 aromatic carbocycles. The number of anilines is 1. The summed E-state index contributed by atoms with van der Waals surface area (Å²) in [7, 11) is -3.33. The standard InChI is InChI=1S/C14H20N2O4S/c1-21(18,19)15-13-4-2-3-12(11-13)14(17)5-6-16-7-9-20-10-8-16/h2-4,11,15H,5-10H2,1H3. The molecule has 0 aliphatic carbocycles. The Morgan fingerprint density at radius 1 is 1.33 bits per heavy atom. The number of ketones is 1. The average Bonchev–Trinajstić information content (AvgIpc) is 2.44. The molecule has 1 fully saturated rings. The zero-order valence-electron chi connectivity index (χ0n) is 12.0. The maximum Gasteiger partial charge on any atom is 0.229 e. The molecule has 1 aliphatic heterocycles. The number of sulfonamides is 1. The van der Waals surface area contributed by atoms with Gasteiger partial charge in [0.1, 0.15) is 0 Å². The van der Waals surface area contributed by atoms with Crippen molar-refractivity contribution in [2.24, 2.45) is 0 Å². The molecular weight excluding hydrogens is 292 g/mol. The Balaban J connectivity index is 1.94. The molecule has 1 N–H and O–H groups in total. The predicted molar refractivity (Wildman–Crippen MR) is 81.1 cm³/mol. The van der Waals surface area contributed by atoms with Gasteiger partial charge >= 0.3 is 0 Å². The van der Waals surface area contributed by atoms with Crippen LogP contribution in [-0.4, -0.2) is 58.2 Å². The summed E-state index contributed by atoms with van der Waals surface area (Å²) in [4.78, 5) is 14.4. The van der Waals surface area contributed by atoms with Crippen LogP contribution in [0.25, 0.3) is 0 Å². The maximum absolute atomic E-state index is 12.2. The molecule has 7 heteroatoms. The normalized spacial score (nSPS) is 16.6. The molecule has 0 radical (unpaired) electrons. The molecule has 21 heavy (non-hydrogen) atoms. The molecular formula is C14H20N2O4S. The number of morpholine rings is 1. The lowest BCUT2D eigenvalue weighted by Crippen LogP contribution is -2.37. The highest BCUT2D eigenvalue weighted by molar-refractivity contribution is 7.92. The highest BCUT2D eigenvalue weighted by Gasteiger charge is 2.13. The van der Waals surface area contributed by atoms with Crippen molar-refractivity contribution in [3.63, 3.8) is 0 Å². The van der Waals surface area contributed by atoms with Crippen LogP contribution in [0, 0.1) is 0 Å². The molecule has 0 aromatic heterocycles. The van der Waals surface area contributed by atoms with Gasteiger partial charge < -0.3 is 4.74 Å². The SMILES string of the molecule is CS(=O)(=O)Nc1cccc(C(=O)CCN2CCOCC2)c1. The van der Waals surface area contributed by atoms with Crippen LogP contribution in [-0.2, 0) is 14.8 Å². The Morgan fingerprint density at radius 3 is 2.71 bits per heavy atom. The summed E-state index contributed by atoms with van der Waals surface area (Å²) < 4.78 is 30.0. The molecule has 0 unspecified atom stereocenters. The Morgan fingerprint density at radius 2 is 2.05 bits per heavy atom. The summed E-state index contributed by atoms with van der Waals surface area (Å²) in [5.41, 5.74) is 0.937. The van der Waals surface area contributed by atoms with Gasteiger partial charge in [0.25, 0.3) is 0 Å². The molecule has 1 aromatic rings. The van der Waals surface area contributed by atoms with Gasteiger partial charge in [0, 0.05) is 37.3 Å². The summed E-state index contributed by atoms with van der Waals surface area (Å²) >= 11 is 0. The highest BCUT2D eigenvalue weighted by Crippen LogP contribution is 2.14. The average molecular weight is 312 g/mol. The highest BCUT2D eigenvalue weighted by atomic mass is 32.2. The summed E-state index contributed by atoms with van der Waals surface area (Å²) in [6, 6.07) is 6.58. The first-order valence-electron chi connectivity index (χ1n) is 6.85. The van der Waals surface area contributed by atoms with Gasteiger partial charge in [-0.05, 0) is 12.1 Å². The van der Waals surface area contributed by atoms with Gasteiger partial charge in [-0.15, -0.1) is 0 Å². The summed E-state index contributed by atoms with van der Waals surface area (Å²) in [5.74, 6) is 0.0126. The van der Waals surface area contributed by atoms with Crippen LogP contribution in [0.15, 0.2) is 24.3 Å². The van der Waals surface area contributed by atoms with E-state index in [2.05, 4.69) is 9.62 Å². The quantitative estimate of drug-likeness (QED) is 0.792. The van der Waals surface area contributed by atoms with Crippen LogP contribution in [0.5, 0.6) is 0 Å². The second-order valence-corrected chi connectivity index (χ2v) is 6.83. The summed E-state index contributed by atoms with van der Waals surface area (Å²) in [5, 5.41) is 0. The van der Waals surface area contributed by atoms with E-state index >= 15 is 0 Å². The lowest BCUT2D eigenvalue weighted by Gasteiger charge is -2.26. The van der Waals surface area contributed by atoms with Gasteiger partial charge in [0.15, 0.2) is 5.78 Å². The molecule has 1 saturated heterocycles. The Bertz CT molecular complexity index is 595. The fraction of sp³-hybridized carbons (Fsp3) is 0.500. The fourth-order valence-electron chi connectivity index (χ4n) is 2.20. The Hall–Kier alpha value is -1.44. The van der Waals surface area contributed by atoms with Crippen molar-refractivity contribution in [2.45, 2.75) is 6.42 Å². The molecule has 1 aliphatic rings. The summed E-state index contributed by atoms with van der Waals surface area (Å²) in [6.45, 7) is 3.82. The molecule has 0 bridgehead atoms. The first-order valence-corrected chi connectivity index (χ1v) is 8.74. The molecule has 0 amide bonds. The second-order valence-electron chi connectivity index (χ2n) is 5.08. The number of rotatable bonds is 6. The largest absolute Gasteiger partial charge is 0.379 e. The van der Waals surface area contributed by atoms with Crippen molar-refractivity contribution >= 4 is 21.5 Å². The molecule has 6 nitrogen and oxygen atoms in total. The zero-order valence-corrected chi connectivity index (χ0v) is 12.9. The van der Waals surface area contributed by atoms with E-state index in [0.717, 1.165) is 19.3 Å². The van der Waals surface area contributed by atoms with E-state index in [1.54, 1.807) is 24.3 Å². The molecule has 0 saturated carbocycles. The number of hydrogen-bond donors (Lipinski definition) is 1. The van der Waals surface area contributed by atoms with Gasteiger partial charge in [-0.3, -0.25) is 14.4 Å². The minimum Gasteiger partial charge on any atom is -0.379 e. The second kappa shape index (κ2) is 7.02. The van der Waals surface area contributed by atoms with Crippen LogP contribution in [0.2, 0.25) is 0 Å². The fourth-order valence-corrected chi connectivity index (χ4v) is 2.75. The minimum atomic E-state index is -3.33. The number of nitrogens with one attached hydrogen (secondary N) is 1. The van der Waals surface area contributed by atoms with Crippen molar-refractivity contribution in [3.8, 4) is 0 Å². The number of carbonyl (C=O) groups is 1. The molecule has 2 rings (SSSR count). The van der Waals surface area contributed by atoms with Crippen molar-refractivity contribution in [3.05, 3.63) is 29.8 Å². The lowest BCUT2D eigenvalue weighted by molar-refractivity contribution is 0.0370. The smallest absolute Gasteiger partial charge is 0.229 e. The van der Waals surface area contributed by atoms with Crippen molar-refractivity contribution in [2.75, 3.05) is 43.8 Å². The third-order valence-corrected chi connectivity index (χ3v) is 3.85. The van der Waals surface area contributed by atoms with Gasteiger partial charge in [-0.25, -0.2) is 8.42 Å². The Labute approximate surface area is 125 Å². The van der Waals surface area contributed by atoms with Crippen molar-refractivity contribution < 1.29 is 17.9 Å². The number of Topliss-reactive ketones (excluding diaryl/α,β-unsaturated/α-hetero) is 1. The maximum atomic E-state index is 12.2. The topological polar surface area (TPSA) is 75.7 Å². The van der Waals surface area contributed by atoms with E-state index in [1.165, 1.54) is 0 Å². The summed E-state index contributed by atoms with van der Waals surface area (Å²) in [6.07, 6.45) is 1.50. The molecule has 1 heterocycles. The van der Waals surface area contributed by atoms with E-state index in [9.17, 15) is 13.2 Å². The van der Waals surface area contributed by atoms with E-state index in [0.29, 0.717) is 37.4 Å². The van der Waals surface area contributed by atoms with E-state index in [-0.39, 0.29) is 5.78 Å². The number of ether oxygens (including phenoxy) is 1. The monoisotopic (exact) mass is 312 g/mol. The van der Waals surface area contributed by atoms with Crippen LogP contribution in [0.1, 0.15) is 16.8 Å². The van der Waals surface area contributed by atoms with Crippen LogP contribution < -0.4 is 4.72 Å². The van der Waals surface area contributed by atoms with Gasteiger partial charge in [0.2, 0.25) is 10.0 Å². The van der Waals surface area contributed by atoms with Crippen LogP contribution in [0.3, 0.4) is 0 Å². The minimum absolute atomic E-state index is 0.0126. The van der Waals surface area contributed by atoms with Crippen molar-refractivity contribution in [1.82, 2.24) is 4.90 Å². The van der Waals surface area contributed by atoms with Crippen LogP contribution >= 0.6 is 0 Å². The molecule has 0 spiro atoms. The third kappa shape index (κ3) is 5.45. The van der Waals surface area contributed by atoms with E-state index in [1.807, 2.05) is 0 Å². The van der Waals surface area contributed by atoms with E-state index < -0.39 is 10.0 Å². The lowest BCUT2D eigenvalue weighted by atomic mass is 10.1. The number of hydrogen-bond acceptors (Lipinski definition) is 5. The zero-order chi connectivity index (χ0) is 15.3. The van der Waals surface area contributed by atoms with Gasteiger partial charge in [0.05, 0.1) is 19.5 Å². The van der Waals surface area contributed by atoms with E-state index in [4.69, 9.17) is 4.74 Å². The molecule has 116 valence electrons. The third-order valence-electron chi connectivity index (χ3n) is 3.25. The van der Waals surface area contributed by atoms with Crippen LogP contribution in [0.4, 0.5) is 5.69 Å². The number of nitrogens with zero attached hydrogens (tertiary/aromatic N) is 1. The Kier molecular flexibility index (Phi) is 5.33. The van der Waals surface area contributed by atoms with Gasteiger partial charge in [-0.2, -0.15) is 0 Å². The molecule has 0 atom stereocenters. The van der Waals surface area contributed by atoms with Gasteiger partial charge in [-0.1, -0.05) is 12.1 Å². The first kappa shape index (κ1) is 15.9. The van der Waals surface area contributed by atoms with Crippen molar-refractivity contribution in [1.29, 1.82) is 0 Å². The number of benzene rings is 1. The first-order chi connectivity index (χ1) is 9.94.